The average molecular weight is 464 g/mol. The predicted molar refractivity (Wildman–Crippen MR) is 138 cm³/mol. The zero-order valence-corrected chi connectivity index (χ0v) is 21.9. The van der Waals surface area contributed by atoms with Crippen molar-refractivity contribution < 1.29 is 4.74 Å². The van der Waals surface area contributed by atoms with Gasteiger partial charge in [-0.15, -0.1) is 23.7 Å². The third-order valence-electron chi connectivity index (χ3n) is 6.84. The second-order valence-corrected chi connectivity index (χ2v) is 11.2. The van der Waals surface area contributed by atoms with E-state index in [0.29, 0.717) is 5.41 Å². The van der Waals surface area contributed by atoms with Gasteiger partial charge in [-0.1, -0.05) is 43.7 Å². The van der Waals surface area contributed by atoms with Crippen molar-refractivity contribution >= 4 is 23.7 Å². The number of halogens is 1. The van der Waals surface area contributed by atoms with Crippen molar-refractivity contribution in [2.24, 2.45) is 5.41 Å². The molecule has 1 aromatic carbocycles. The summed E-state index contributed by atoms with van der Waals surface area (Å²) in [6, 6.07) is 9.05. The first-order valence-electron chi connectivity index (χ1n) is 11.8. The largest absolute Gasteiger partial charge is 0.379 e. The number of aryl methyl sites for hydroxylation is 4. The van der Waals surface area contributed by atoms with Crippen molar-refractivity contribution in [2.45, 2.75) is 73.1 Å². The molecule has 0 spiro atoms. The van der Waals surface area contributed by atoms with Crippen LogP contribution in [0.2, 0.25) is 0 Å². The minimum atomic E-state index is 0. The Morgan fingerprint density at radius 2 is 1.61 bits per heavy atom. The van der Waals surface area contributed by atoms with Crippen LogP contribution in [0.5, 0.6) is 0 Å². The first kappa shape index (κ1) is 26.4. The van der Waals surface area contributed by atoms with Crippen LogP contribution in [0, 0.1) is 26.2 Å². The van der Waals surface area contributed by atoms with Crippen LogP contribution in [-0.2, 0) is 24.0 Å². The predicted octanol–water partition coefficient (Wildman–Crippen LogP) is 6.95. The van der Waals surface area contributed by atoms with Crippen LogP contribution in [0.25, 0.3) is 0 Å². The Labute approximate surface area is 200 Å². The van der Waals surface area contributed by atoms with Crippen molar-refractivity contribution in [3.8, 4) is 0 Å². The zero-order valence-electron chi connectivity index (χ0n) is 20.3. The molecule has 0 saturated carbocycles. The lowest BCUT2D eigenvalue weighted by atomic mass is 9.83. The molecule has 2 aromatic rings. The summed E-state index contributed by atoms with van der Waals surface area (Å²) in [5.41, 5.74) is 6.40. The number of rotatable bonds is 10. The van der Waals surface area contributed by atoms with Gasteiger partial charge in [0.2, 0.25) is 0 Å². The molecule has 31 heavy (non-hydrogen) atoms. The highest BCUT2D eigenvalue weighted by molar-refractivity contribution is 7.12. The summed E-state index contributed by atoms with van der Waals surface area (Å²) in [5.74, 6) is 0. The molecule has 1 aromatic heterocycles. The van der Waals surface area contributed by atoms with Gasteiger partial charge in [0.05, 0.1) is 13.2 Å². The van der Waals surface area contributed by atoms with E-state index in [1.165, 1.54) is 61.1 Å². The van der Waals surface area contributed by atoms with Gasteiger partial charge in [-0.05, 0) is 87.9 Å². The Balaban J connectivity index is 0.00000341. The number of hydrogen-bond donors (Lipinski definition) is 0. The average Bonchev–Trinajstić information content (AvgIpc) is 3.01. The zero-order chi connectivity index (χ0) is 21.6. The maximum atomic E-state index is 5.49. The van der Waals surface area contributed by atoms with Crippen LogP contribution in [0.4, 0.5) is 0 Å². The second-order valence-electron chi connectivity index (χ2n) is 9.89. The van der Waals surface area contributed by atoms with Gasteiger partial charge in [0.15, 0.2) is 0 Å². The molecule has 0 radical (unpaired) electrons. The Bertz CT molecular complexity index is 790. The molecule has 0 aliphatic carbocycles. The van der Waals surface area contributed by atoms with E-state index in [-0.39, 0.29) is 12.4 Å². The number of benzene rings is 1. The van der Waals surface area contributed by atoms with Gasteiger partial charge in [0.25, 0.3) is 0 Å². The Kier molecular flexibility index (Phi) is 10.5. The number of ether oxygens (including phenoxy) is 1. The van der Waals surface area contributed by atoms with Crippen molar-refractivity contribution in [1.29, 1.82) is 0 Å². The lowest BCUT2D eigenvalue weighted by molar-refractivity contribution is 0.0323. The van der Waals surface area contributed by atoms with Gasteiger partial charge in [0, 0.05) is 22.8 Å². The highest BCUT2D eigenvalue weighted by Gasteiger charge is 2.22. The lowest BCUT2D eigenvalue weighted by Gasteiger charge is -2.31. The fourth-order valence-corrected chi connectivity index (χ4v) is 5.59. The van der Waals surface area contributed by atoms with E-state index in [4.69, 9.17) is 4.74 Å². The summed E-state index contributed by atoms with van der Waals surface area (Å²) in [6.45, 7) is 16.9. The molecule has 0 amide bonds. The molecule has 2 nitrogen and oxygen atoms in total. The molecule has 0 atom stereocenters. The van der Waals surface area contributed by atoms with Crippen LogP contribution in [0.15, 0.2) is 24.3 Å². The van der Waals surface area contributed by atoms with E-state index in [1.807, 2.05) is 11.3 Å². The third-order valence-corrected chi connectivity index (χ3v) is 8.15. The quantitative estimate of drug-likeness (QED) is 0.378. The molecule has 1 saturated heterocycles. The Morgan fingerprint density at radius 1 is 0.935 bits per heavy atom. The van der Waals surface area contributed by atoms with E-state index >= 15 is 0 Å². The van der Waals surface area contributed by atoms with Crippen molar-refractivity contribution in [3.05, 3.63) is 56.3 Å². The molecule has 0 bridgehead atoms. The van der Waals surface area contributed by atoms with Crippen molar-refractivity contribution in [1.82, 2.24) is 4.90 Å². The van der Waals surface area contributed by atoms with Gasteiger partial charge >= 0.3 is 0 Å². The minimum Gasteiger partial charge on any atom is -0.379 e. The highest BCUT2D eigenvalue weighted by atomic mass is 35.5. The van der Waals surface area contributed by atoms with Crippen LogP contribution in [0.1, 0.15) is 65.1 Å². The maximum Gasteiger partial charge on any atom is 0.0594 e. The van der Waals surface area contributed by atoms with E-state index in [9.17, 15) is 0 Å². The summed E-state index contributed by atoms with van der Waals surface area (Å²) >= 11 is 2.05. The third kappa shape index (κ3) is 8.20. The second kappa shape index (κ2) is 12.4. The molecule has 174 valence electrons. The summed E-state index contributed by atoms with van der Waals surface area (Å²) < 4.78 is 5.49. The number of morpholine rings is 1. The topological polar surface area (TPSA) is 12.5 Å². The Hall–Kier alpha value is -0.870. The van der Waals surface area contributed by atoms with Crippen LogP contribution in [0.3, 0.4) is 0 Å². The smallest absolute Gasteiger partial charge is 0.0594 e. The molecule has 0 N–H and O–H groups in total. The molecule has 0 unspecified atom stereocenters. The minimum absolute atomic E-state index is 0. The number of nitrogens with zero attached hydrogens (tertiary/aromatic N) is 1. The standard InChI is InChI=1S/C27H41NOS.ClH/c1-21-9-11-24(12-10-21)7-6-8-25-22(2)23(3)30-26(25)13-14-27(4,5)15-16-28-17-19-29-20-18-28;/h9-12H,6-8,13-20H2,1-5H3;1H. The fraction of sp³-hybridized carbons (Fsp3) is 0.630. The van der Waals surface area contributed by atoms with Crippen LogP contribution >= 0.6 is 23.7 Å². The first-order valence-corrected chi connectivity index (χ1v) is 12.6. The Morgan fingerprint density at radius 3 is 2.29 bits per heavy atom. The molecule has 1 aliphatic rings. The van der Waals surface area contributed by atoms with Gasteiger partial charge in [-0.3, -0.25) is 4.90 Å². The monoisotopic (exact) mass is 463 g/mol. The van der Waals surface area contributed by atoms with Crippen LogP contribution in [-0.4, -0.2) is 37.7 Å². The van der Waals surface area contributed by atoms with E-state index in [1.54, 1.807) is 16.0 Å². The highest BCUT2D eigenvalue weighted by Crippen LogP contribution is 2.34. The van der Waals surface area contributed by atoms with Crippen molar-refractivity contribution in [2.75, 3.05) is 32.8 Å². The fourth-order valence-electron chi connectivity index (χ4n) is 4.36. The molecular weight excluding hydrogens is 422 g/mol. The molecule has 1 aliphatic heterocycles. The summed E-state index contributed by atoms with van der Waals surface area (Å²) in [7, 11) is 0. The van der Waals surface area contributed by atoms with Gasteiger partial charge in [-0.25, -0.2) is 0 Å². The van der Waals surface area contributed by atoms with E-state index < -0.39 is 0 Å². The summed E-state index contributed by atoms with van der Waals surface area (Å²) in [6.07, 6.45) is 7.43. The maximum absolute atomic E-state index is 5.49. The summed E-state index contributed by atoms with van der Waals surface area (Å²) in [5, 5.41) is 0. The first-order chi connectivity index (χ1) is 14.3. The SMILES string of the molecule is Cc1ccc(CCCc2c(CCC(C)(C)CCN3CCOCC3)sc(C)c2C)cc1.Cl. The van der Waals surface area contributed by atoms with E-state index in [2.05, 4.69) is 63.8 Å². The van der Waals surface area contributed by atoms with Gasteiger partial charge < -0.3 is 4.74 Å². The molecule has 3 rings (SSSR count). The molecule has 2 heterocycles. The van der Waals surface area contributed by atoms with Gasteiger partial charge in [0.1, 0.15) is 0 Å². The normalized spacial score (nSPS) is 15.1. The number of thiophene rings is 1. The lowest BCUT2D eigenvalue weighted by Crippen LogP contribution is -2.38. The van der Waals surface area contributed by atoms with Crippen molar-refractivity contribution in [3.63, 3.8) is 0 Å². The van der Waals surface area contributed by atoms with E-state index in [0.717, 1.165) is 26.3 Å². The van der Waals surface area contributed by atoms with Crippen LogP contribution < -0.4 is 0 Å². The molecular formula is C27H42ClNOS. The van der Waals surface area contributed by atoms with Gasteiger partial charge in [-0.2, -0.15) is 0 Å². The number of hydrogen-bond acceptors (Lipinski definition) is 3. The molecule has 4 heteroatoms. The summed E-state index contributed by atoms with van der Waals surface area (Å²) in [4.78, 5) is 5.73. The molecule has 1 fully saturated rings.